The van der Waals surface area contributed by atoms with Crippen molar-refractivity contribution in [3.63, 3.8) is 0 Å². The summed E-state index contributed by atoms with van der Waals surface area (Å²) in [5.74, 6) is 0. The van der Waals surface area contributed by atoms with Crippen LogP contribution >= 0.6 is 0 Å². The van der Waals surface area contributed by atoms with Gasteiger partial charge in [0, 0.05) is 0 Å². The molecule has 2 N–H and O–H groups in total. The summed E-state index contributed by atoms with van der Waals surface area (Å²) < 4.78 is 5.19. The van der Waals surface area contributed by atoms with Crippen LogP contribution < -0.4 is 0 Å². The van der Waals surface area contributed by atoms with Gasteiger partial charge in [-0.05, 0) is 0 Å². The fourth-order valence-corrected chi connectivity index (χ4v) is 4.11. The lowest BCUT2D eigenvalue weighted by molar-refractivity contribution is 0.0385. The zero-order valence-electron chi connectivity index (χ0n) is 10.1. The largest absolute Gasteiger partial charge is 0.499 e. The number of ether oxygens (including phenoxy) is 1. The molecular weight excluding hydrogens is 208 g/mol. The van der Waals surface area contributed by atoms with Crippen molar-refractivity contribution in [2.24, 2.45) is 0 Å². The van der Waals surface area contributed by atoms with E-state index in [1.54, 1.807) is 6.26 Å². The highest BCUT2D eigenvalue weighted by Crippen LogP contribution is 2.21. The van der Waals surface area contributed by atoms with Crippen molar-refractivity contribution < 1.29 is 14.9 Å². The lowest BCUT2D eigenvalue weighted by Crippen LogP contribution is -2.28. The molecule has 1 atom stereocenters. The number of aliphatic hydroxyl groups is 2. The first-order chi connectivity index (χ1) is 7.14. The van der Waals surface area contributed by atoms with Gasteiger partial charge < -0.3 is 14.9 Å². The zero-order chi connectivity index (χ0) is 11.7. The molecule has 3 nitrogen and oxygen atoms in total. The minimum Gasteiger partial charge on any atom is -0.499 e. The van der Waals surface area contributed by atoms with Gasteiger partial charge in [0.1, 0.15) is 12.7 Å². The Hall–Kier alpha value is -0.323. The van der Waals surface area contributed by atoms with Crippen LogP contribution in [0, 0.1) is 0 Å². The van der Waals surface area contributed by atoms with Crippen molar-refractivity contribution >= 4 is 8.07 Å². The molecule has 0 saturated carbocycles. The van der Waals surface area contributed by atoms with Gasteiger partial charge in [0.15, 0.2) is 0 Å². The maximum atomic E-state index is 9.06. The van der Waals surface area contributed by atoms with Crippen LogP contribution in [0.2, 0.25) is 18.1 Å². The standard InChI is InChI=1S/C11H24O3Si/c1-4-15(5-2,6-3)8-7-14-10-11(13)9-12/h7-8,11-13H,4-6,9-10H2,1-3H3. The lowest BCUT2D eigenvalue weighted by Gasteiger charge is -2.23. The summed E-state index contributed by atoms with van der Waals surface area (Å²) in [5, 5.41) is 17.6. The van der Waals surface area contributed by atoms with Crippen molar-refractivity contribution in [1.82, 2.24) is 0 Å². The molecule has 0 saturated heterocycles. The molecule has 0 aromatic carbocycles. The van der Waals surface area contributed by atoms with Gasteiger partial charge in [0.2, 0.25) is 0 Å². The van der Waals surface area contributed by atoms with Crippen molar-refractivity contribution in [1.29, 1.82) is 0 Å². The smallest absolute Gasteiger partial charge is 0.115 e. The Morgan fingerprint density at radius 3 is 2.13 bits per heavy atom. The first kappa shape index (κ1) is 14.7. The minimum atomic E-state index is -1.25. The summed E-state index contributed by atoms with van der Waals surface area (Å²) in [4.78, 5) is 0. The van der Waals surface area contributed by atoms with E-state index in [1.165, 1.54) is 18.1 Å². The van der Waals surface area contributed by atoms with Crippen molar-refractivity contribution in [2.45, 2.75) is 45.0 Å². The Bertz CT molecular complexity index is 170. The van der Waals surface area contributed by atoms with Crippen LogP contribution in [0.25, 0.3) is 0 Å². The van der Waals surface area contributed by atoms with Crippen LogP contribution in [0.3, 0.4) is 0 Å². The quantitative estimate of drug-likeness (QED) is 0.496. The van der Waals surface area contributed by atoms with Gasteiger partial charge in [-0.2, -0.15) is 0 Å². The normalized spacial score (nSPS) is 14.5. The molecule has 0 aliphatic rings. The number of hydrogen-bond donors (Lipinski definition) is 2. The fourth-order valence-electron chi connectivity index (χ4n) is 1.52. The highest BCUT2D eigenvalue weighted by molar-refractivity contribution is 6.84. The second-order valence-corrected chi connectivity index (χ2v) is 9.07. The van der Waals surface area contributed by atoms with Crippen LogP contribution in [0.1, 0.15) is 20.8 Å². The third-order valence-electron chi connectivity index (χ3n) is 3.13. The molecule has 15 heavy (non-hydrogen) atoms. The Morgan fingerprint density at radius 2 is 1.73 bits per heavy atom. The molecule has 0 aromatic rings. The van der Waals surface area contributed by atoms with Crippen molar-refractivity contribution in [3.05, 3.63) is 12.0 Å². The van der Waals surface area contributed by atoms with E-state index in [0.717, 1.165) is 0 Å². The molecular formula is C11H24O3Si. The van der Waals surface area contributed by atoms with Gasteiger partial charge in [-0.1, -0.05) is 44.6 Å². The Morgan fingerprint density at radius 1 is 1.20 bits per heavy atom. The van der Waals surface area contributed by atoms with Crippen LogP contribution in [0.5, 0.6) is 0 Å². The predicted octanol–water partition coefficient (Wildman–Crippen LogP) is 1.92. The van der Waals surface area contributed by atoms with E-state index in [1.807, 2.05) is 0 Å². The average Bonchev–Trinajstić information content (AvgIpc) is 2.30. The van der Waals surface area contributed by atoms with Crippen LogP contribution in [0.15, 0.2) is 12.0 Å². The topological polar surface area (TPSA) is 49.7 Å². The molecule has 0 heterocycles. The highest BCUT2D eigenvalue weighted by Gasteiger charge is 2.22. The Balaban J connectivity index is 4.01. The van der Waals surface area contributed by atoms with Crippen LogP contribution in [-0.4, -0.2) is 37.6 Å². The summed E-state index contributed by atoms with van der Waals surface area (Å²) in [6.45, 7) is 6.62. The number of rotatable bonds is 8. The molecule has 90 valence electrons. The highest BCUT2D eigenvalue weighted by atomic mass is 28.3. The molecule has 0 aromatic heterocycles. The molecule has 0 spiro atoms. The molecule has 0 amide bonds. The van der Waals surface area contributed by atoms with Gasteiger partial charge in [-0.3, -0.25) is 0 Å². The van der Waals surface area contributed by atoms with E-state index in [9.17, 15) is 0 Å². The number of hydrogen-bond acceptors (Lipinski definition) is 3. The van der Waals surface area contributed by atoms with Crippen molar-refractivity contribution in [2.75, 3.05) is 13.2 Å². The summed E-state index contributed by atoms with van der Waals surface area (Å²) >= 11 is 0. The summed E-state index contributed by atoms with van der Waals surface area (Å²) in [5.41, 5.74) is 2.21. The second-order valence-electron chi connectivity index (χ2n) is 3.90. The van der Waals surface area contributed by atoms with Gasteiger partial charge in [-0.15, -0.1) is 0 Å². The Kier molecular flexibility index (Phi) is 7.73. The third-order valence-corrected chi connectivity index (χ3v) is 8.20. The van der Waals surface area contributed by atoms with E-state index in [2.05, 4.69) is 26.5 Å². The summed E-state index contributed by atoms with van der Waals surface area (Å²) in [6.07, 6.45) is 0.942. The maximum Gasteiger partial charge on any atom is 0.115 e. The van der Waals surface area contributed by atoms with E-state index in [-0.39, 0.29) is 13.2 Å². The summed E-state index contributed by atoms with van der Waals surface area (Å²) in [7, 11) is -1.25. The third kappa shape index (κ3) is 5.35. The number of aliphatic hydroxyl groups excluding tert-OH is 2. The molecule has 0 aliphatic heterocycles. The first-order valence-electron chi connectivity index (χ1n) is 5.72. The SMILES string of the molecule is CC[Si](C=COCC(O)CO)(CC)CC. The fraction of sp³-hybridized carbons (Fsp3) is 0.818. The van der Waals surface area contributed by atoms with E-state index >= 15 is 0 Å². The van der Waals surface area contributed by atoms with Gasteiger partial charge in [0.25, 0.3) is 0 Å². The Labute approximate surface area is 93.8 Å². The first-order valence-corrected chi connectivity index (χ1v) is 8.42. The van der Waals surface area contributed by atoms with Crippen molar-refractivity contribution in [3.8, 4) is 0 Å². The van der Waals surface area contributed by atoms with Gasteiger partial charge >= 0.3 is 0 Å². The van der Waals surface area contributed by atoms with E-state index in [0.29, 0.717) is 0 Å². The average molecular weight is 232 g/mol. The monoisotopic (exact) mass is 232 g/mol. The summed E-state index contributed by atoms with van der Waals surface area (Å²) in [6, 6.07) is 3.67. The molecule has 0 radical (unpaired) electrons. The second kappa shape index (κ2) is 7.90. The minimum absolute atomic E-state index is 0.175. The zero-order valence-corrected chi connectivity index (χ0v) is 11.1. The van der Waals surface area contributed by atoms with Crippen LogP contribution in [-0.2, 0) is 4.74 Å². The van der Waals surface area contributed by atoms with Gasteiger partial charge in [-0.25, -0.2) is 0 Å². The predicted molar refractivity (Wildman–Crippen MR) is 65.4 cm³/mol. The van der Waals surface area contributed by atoms with E-state index in [4.69, 9.17) is 14.9 Å². The molecule has 0 aliphatic carbocycles. The van der Waals surface area contributed by atoms with Crippen LogP contribution in [0.4, 0.5) is 0 Å². The molecule has 0 bridgehead atoms. The van der Waals surface area contributed by atoms with E-state index < -0.39 is 14.2 Å². The maximum absolute atomic E-state index is 9.06. The molecule has 0 rings (SSSR count). The van der Waals surface area contributed by atoms with Gasteiger partial charge in [0.05, 0.1) is 20.9 Å². The molecule has 1 unspecified atom stereocenters. The molecule has 4 heteroatoms. The lowest BCUT2D eigenvalue weighted by atomic mass is 10.4. The molecule has 0 fully saturated rings.